The fraction of sp³-hybridized carbons (Fsp3) is 0.263. The van der Waals surface area contributed by atoms with Crippen molar-refractivity contribution in [2.75, 3.05) is 0 Å². The van der Waals surface area contributed by atoms with Gasteiger partial charge < -0.3 is 10.1 Å². The first-order chi connectivity index (χ1) is 13.2. The lowest BCUT2D eigenvalue weighted by molar-refractivity contribution is -0.140. The van der Waals surface area contributed by atoms with E-state index in [4.69, 9.17) is 0 Å². The lowest BCUT2D eigenvalue weighted by atomic mass is 10.0. The molecule has 7 nitrogen and oxygen atoms in total. The van der Waals surface area contributed by atoms with E-state index in [0.717, 1.165) is 11.3 Å². The molecule has 148 valence electrons. The summed E-state index contributed by atoms with van der Waals surface area (Å²) in [5.41, 5.74) is 1.00. The minimum atomic E-state index is -3.98. The van der Waals surface area contributed by atoms with Gasteiger partial charge in [-0.15, -0.1) is 0 Å². The van der Waals surface area contributed by atoms with Gasteiger partial charge in [-0.2, -0.15) is 0 Å². The summed E-state index contributed by atoms with van der Waals surface area (Å²) in [5.74, 6) is -1.44. The number of thiazole rings is 1. The Morgan fingerprint density at radius 2 is 1.82 bits per heavy atom. The molecule has 2 aromatic carbocycles. The molecule has 3 N–H and O–H groups in total. The van der Waals surface area contributed by atoms with Crippen molar-refractivity contribution in [3.05, 3.63) is 63.8 Å². The standard InChI is InChI=1S/C19H20N2O5S2/c1-11(2)16(18(22)23)21-17(12-6-4-3-5-7-12)28(25,26)13-8-9-14-15(10-13)27-19(24)20-14/h3-11,16-17,21H,1-2H3,(H,20,24)(H,22,23)/t16-,17?/m1/s1. The summed E-state index contributed by atoms with van der Waals surface area (Å²) < 4.78 is 27.4. The average molecular weight is 421 g/mol. The largest absolute Gasteiger partial charge is 0.480 e. The third kappa shape index (κ3) is 4.01. The Kier molecular flexibility index (Phi) is 5.69. The molecule has 0 saturated heterocycles. The number of hydrogen-bond donors (Lipinski definition) is 3. The minimum Gasteiger partial charge on any atom is -0.480 e. The number of H-pyrrole nitrogens is 1. The third-order valence-corrected chi connectivity index (χ3v) is 7.18. The topological polar surface area (TPSA) is 116 Å². The minimum absolute atomic E-state index is 0.0181. The summed E-state index contributed by atoms with van der Waals surface area (Å²) in [6, 6.07) is 11.8. The van der Waals surface area contributed by atoms with Crippen LogP contribution in [-0.4, -0.2) is 30.5 Å². The van der Waals surface area contributed by atoms with Crippen LogP contribution in [0.2, 0.25) is 0 Å². The predicted octanol–water partition coefficient (Wildman–Crippen LogP) is 2.76. The van der Waals surface area contributed by atoms with Crippen molar-refractivity contribution in [1.29, 1.82) is 0 Å². The van der Waals surface area contributed by atoms with Gasteiger partial charge in [-0.1, -0.05) is 55.5 Å². The van der Waals surface area contributed by atoms with Gasteiger partial charge in [0.05, 0.1) is 15.1 Å². The van der Waals surface area contributed by atoms with Crippen LogP contribution < -0.4 is 10.2 Å². The fourth-order valence-corrected chi connectivity index (χ4v) is 5.45. The van der Waals surface area contributed by atoms with Crippen LogP contribution in [0.3, 0.4) is 0 Å². The van der Waals surface area contributed by atoms with E-state index in [1.54, 1.807) is 50.2 Å². The van der Waals surface area contributed by atoms with E-state index in [-0.39, 0.29) is 15.7 Å². The van der Waals surface area contributed by atoms with Crippen LogP contribution in [0.25, 0.3) is 10.2 Å². The van der Waals surface area contributed by atoms with E-state index in [2.05, 4.69) is 10.3 Å². The Morgan fingerprint density at radius 1 is 1.14 bits per heavy atom. The van der Waals surface area contributed by atoms with E-state index < -0.39 is 27.2 Å². The van der Waals surface area contributed by atoms with Gasteiger partial charge in [0.1, 0.15) is 11.4 Å². The zero-order chi connectivity index (χ0) is 20.5. The highest BCUT2D eigenvalue weighted by molar-refractivity contribution is 7.91. The molecule has 1 unspecified atom stereocenters. The van der Waals surface area contributed by atoms with E-state index in [1.807, 2.05) is 0 Å². The van der Waals surface area contributed by atoms with E-state index in [1.165, 1.54) is 12.1 Å². The van der Waals surface area contributed by atoms with Gasteiger partial charge in [-0.25, -0.2) is 8.42 Å². The zero-order valence-electron chi connectivity index (χ0n) is 15.2. The maximum atomic E-state index is 13.4. The number of rotatable bonds is 7. The second kappa shape index (κ2) is 7.86. The number of benzene rings is 2. The maximum absolute atomic E-state index is 13.4. The molecule has 28 heavy (non-hydrogen) atoms. The third-order valence-electron chi connectivity index (χ3n) is 4.40. The van der Waals surface area contributed by atoms with Crippen molar-refractivity contribution in [2.45, 2.75) is 30.2 Å². The molecule has 0 spiro atoms. The summed E-state index contributed by atoms with van der Waals surface area (Å²) in [6.07, 6.45) is 0. The van der Waals surface area contributed by atoms with Crippen LogP contribution in [0.5, 0.6) is 0 Å². The first kappa shape index (κ1) is 20.2. The van der Waals surface area contributed by atoms with Crippen molar-refractivity contribution in [1.82, 2.24) is 10.3 Å². The van der Waals surface area contributed by atoms with Gasteiger partial charge in [0.25, 0.3) is 0 Å². The van der Waals surface area contributed by atoms with Crippen LogP contribution >= 0.6 is 11.3 Å². The van der Waals surface area contributed by atoms with Crippen LogP contribution in [-0.2, 0) is 14.6 Å². The molecule has 0 aliphatic rings. The summed E-state index contributed by atoms with van der Waals surface area (Å²) in [7, 11) is -3.98. The molecule has 3 aromatic rings. The molecule has 0 aliphatic carbocycles. The van der Waals surface area contributed by atoms with Crippen molar-refractivity contribution < 1.29 is 18.3 Å². The number of sulfone groups is 1. The monoisotopic (exact) mass is 420 g/mol. The van der Waals surface area contributed by atoms with Crippen LogP contribution in [0, 0.1) is 5.92 Å². The molecule has 0 saturated carbocycles. The van der Waals surface area contributed by atoms with E-state index in [0.29, 0.717) is 15.8 Å². The normalized spacial score (nSPS) is 14.2. The number of aromatic nitrogens is 1. The lowest BCUT2D eigenvalue weighted by Crippen LogP contribution is -2.45. The molecule has 0 amide bonds. The summed E-state index contributed by atoms with van der Waals surface area (Å²) in [4.78, 5) is 25.6. The second-order valence-corrected chi connectivity index (χ2v) is 9.78. The molecule has 0 radical (unpaired) electrons. The highest BCUT2D eigenvalue weighted by Crippen LogP contribution is 2.30. The second-order valence-electron chi connectivity index (χ2n) is 6.73. The predicted molar refractivity (Wildman–Crippen MR) is 108 cm³/mol. The molecule has 9 heteroatoms. The highest BCUT2D eigenvalue weighted by atomic mass is 32.2. The number of nitrogens with one attached hydrogen (secondary N) is 2. The quantitative estimate of drug-likeness (QED) is 0.541. The van der Waals surface area contributed by atoms with Crippen LogP contribution in [0.15, 0.2) is 58.2 Å². The molecule has 0 bridgehead atoms. The Hall–Kier alpha value is -2.49. The number of carboxylic acids is 1. The fourth-order valence-electron chi connectivity index (χ4n) is 2.94. The van der Waals surface area contributed by atoms with Crippen molar-refractivity contribution >= 4 is 37.4 Å². The molecular formula is C19H20N2O5S2. The Labute approximate surface area is 166 Å². The first-order valence-corrected chi connectivity index (χ1v) is 11.0. The number of carbonyl (C=O) groups is 1. The molecule has 0 fully saturated rings. The van der Waals surface area contributed by atoms with Gasteiger partial charge in [-0.3, -0.25) is 14.9 Å². The number of aromatic amines is 1. The Bertz CT molecular complexity index is 1150. The molecular weight excluding hydrogens is 400 g/mol. The van der Waals surface area contributed by atoms with Gasteiger partial charge in [0.2, 0.25) is 0 Å². The van der Waals surface area contributed by atoms with Crippen molar-refractivity contribution in [2.24, 2.45) is 5.92 Å². The molecule has 2 atom stereocenters. The Morgan fingerprint density at radius 3 is 2.43 bits per heavy atom. The van der Waals surface area contributed by atoms with Crippen molar-refractivity contribution in [3.63, 3.8) is 0 Å². The van der Waals surface area contributed by atoms with Crippen LogP contribution in [0.4, 0.5) is 0 Å². The Balaban J connectivity index is 2.11. The average Bonchev–Trinajstić information content (AvgIpc) is 3.01. The first-order valence-electron chi connectivity index (χ1n) is 8.60. The lowest BCUT2D eigenvalue weighted by Gasteiger charge is -2.26. The van der Waals surface area contributed by atoms with Gasteiger partial charge in [0.15, 0.2) is 9.84 Å². The number of carboxylic acid groups (broad SMARTS) is 1. The van der Waals surface area contributed by atoms with Crippen molar-refractivity contribution in [3.8, 4) is 0 Å². The molecule has 3 rings (SSSR count). The van der Waals surface area contributed by atoms with E-state index in [9.17, 15) is 23.1 Å². The zero-order valence-corrected chi connectivity index (χ0v) is 16.9. The number of hydrogen-bond acceptors (Lipinski definition) is 6. The SMILES string of the molecule is CC(C)[C@@H](NC(c1ccccc1)S(=O)(=O)c1ccc2[nH]c(=O)sc2c1)C(=O)O. The summed E-state index contributed by atoms with van der Waals surface area (Å²) in [6.45, 7) is 3.42. The summed E-state index contributed by atoms with van der Waals surface area (Å²) >= 11 is 0.924. The molecule has 1 aromatic heterocycles. The number of fused-ring (bicyclic) bond motifs is 1. The smallest absolute Gasteiger partial charge is 0.321 e. The molecule has 1 heterocycles. The van der Waals surface area contributed by atoms with Gasteiger partial charge in [0, 0.05) is 0 Å². The maximum Gasteiger partial charge on any atom is 0.321 e. The molecule has 0 aliphatic heterocycles. The summed E-state index contributed by atoms with van der Waals surface area (Å²) in [5, 5.41) is 11.1. The highest BCUT2D eigenvalue weighted by Gasteiger charge is 2.34. The van der Waals surface area contributed by atoms with E-state index >= 15 is 0 Å². The van der Waals surface area contributed by atoms with Gasteiger partial charge in [-0.05, 0) is 29.7 Å². The van der Waals surface area contributed by atoms with Crippen LogP contribution in [0.1, 0.15) is 24.8 Å². The van der Waals surface area contributed by atoms with Gasteiger partial charge >= 0.3 is 10.8 Å². The number of aliphatic carboxylic acids is 1.